The van der Waals surface area contributed by atoms with Gasteiger partial charge in [0.15, 0.2) is 5.16 Å². The van der Waals surface area contributed by atoms with E-state index in [9.17, 15) is 13.2 Å². The van der Waals surface area contributed by atoms with Crippen LogP contribution in [0.3, 0.4) is 0 Å². The molecule has 1 aromatic heterocycles. The number of hydrogen-bond donors (Lipinski definition) is 3. The predicted molar refractivity (Wildman–Crippen MR) is 86.0 cm³/mol. The van der Waals surface area contributed by atoms with Crippen LogP contribution in [0.2, 0.25) is 0 Å². The summed E-state index contributed by atoms with van der Waals surface area (Å²) in [5.41, 5.74) is 5.90. The van der Waals surface area contributed by atoms with Crippen LogP contribution in [0.15, 0.2) is 40.6 Å². The minimum atomic E-state index is -3.76. The van der Waals surface area contributed by atoms with Gasteiger partial charge < -0.3 is 11.1 Å². The molecule has 1 amide bonds. The lowest BCUT2D eigenvalue weighted by atomic mass is 10.3. The second-order valence-electron chi connectivity index (χ2n) is 4.44. The fourth-order valence-electron chi connectivity index (χ4n) is 1.53. The number of nitrogen functional groups attached to an aromatic ring is 1. The maximum absolute atomic E-state index is 12.1. The molecule has 0 bridgehead atoms. The molecule has 0 fully saturated rings. The molecule has 0 saturated heterocycles. The summed E-state index contributed by atoms with van der Waals surface area (Å²) in [4.78, 5) is 23.6. The Bertz CT molecular complexity index is 810. The lowest BCUT2D eigenvalue weighted by Gasteiger charge is -2.11. The minimum Gasteiger partial charge on any atom is -0.368 e. The zero-order valence-electron chi connectivity index (χ0n) is 12.0. The Balaban J connectivity index is 2.01. The van der Waals surface area contributed by atoms with E-state index in [1.165, 1.54) is 30.6 Å². The van der Waals surface area contributed by atoms with E-state index in [2.05, 4.69) is 20.3 Å². The third-order valence-corrected chi connectivity index (χ3v) is 4.57. The van der Waals surface area contributed by atoms with E-state index in [0.717, 1.165) is 11.8 Å². The Morgan fingerprint density at radius 3 is 2.48 bits per heavy atom. The fourth-order valence-corrected chi connectivity index (χ4v) is 2.79. The van der Waals surface area contributed by atoms with Gasteiger partial charge in [0.1, 0.15) is 6.33 Å². The molecule has 23 heavy (non-hydrogen) atoms. The highest BCUT2D eigenvalue weighted by Gasteiger charge is 2.17. The first-order chi connectivity index (χ1) is 10.8. The summed E-state index contributed by atoms with van der Waals surface area (Å²) in [6.45, 7) is 1.68. The Morgan fingerprint density at radius 1 is 1.26 bits per heavy atom. The number of amides is 1. The summed E-state index contributed by atoms with van der Waals surface area (Å²) in [6.07, 6.45) is 1.27. The van der Waals surface area contributed by atoms with Gasteiger partial charge in [-0.2, -0.15) is 4.98 Å². The van der Waals surface area contributed by atoms with Gasteiger partial charge in [0.25, 0.3) is 0 Å². The van der Waals surface area contributed by atoms with E-state index in [-0.39, 0.29) is 16.8 Å². The number of thioether (sulfide) groups is 1. The SMILES string of the molecule is CC(Sc1ncnc(N)n1)C(=O)Nc1ccc(S(N)(=O)=O)cc1. The molecular weight excluding hydrogens is 340 g/mol. The van der Waals surface area contributed by atoms with Crippen molar-refractivity contribution in [2.75, 3.05) is 11.1 Å². The van der Waals surface area contributed by atoms with Crippen molar-refractivity contribution in [3.05, 3.63) is 30.6 Å². The zero-order chi connectivity index (χ0) is 17.0. The highest BCUT2D eigenvalue weighted by Crippen LogP contribution is 2.21. The van der Waals surface area contributed by atoms with Gasteiger partial charge in [0, 0.05) is 5.69 Å². The van der Waals surface area contributed by atoms with Crippen molar-refractivity contribution in [2.45, 2.75) is 22.2 Å². The minimum absolute atomic E-state index is 0.0291. The van der Waals surface area contributed by atoms with E-state index in [0.29, 0.717) is 10.8 Å². The maximum atomic E-state index is 12.1. The zero-order valence-corrected chi connectivity index (χ0v) is 13.6. The first-order valence-corrected chi connectivity index (χ1v) is 8.73. The van der Waals surface area contributed by atoms with Crippen LogP contribution < -0.4 is 16.2 Å². The van der Waals surface area contributed by atoms with Crippen LogP contribution in [0.5, 0.6) is 0 Å². The van der Waals surface area contributed by atoms with Gasteiger partial charge in [-0.25, -0.2) is 23.5 Å². The van der Waals surface area contributed by atoms with Crippen LogP contribution in [0.1, 0.15) is 6.92 Å². The van der Waals surface area contributed by atoms with E-state index in [1.54, 1.807) is 6.92 Å². The largest absolute Gasteiger partial charge is 0.368 e. The van der Waals surface area contributed by atoms with Crippen LogP contribution in [0.25, 0.3) is 0 Å². The highest BCUT2D eigenvalue weighted by molar-refractivity contribution is 8.00. The summed E-state index contributed by atoms with van der Waals surface area (Å²) < 4.78 is 22.3. The van der Waals surface area contributed by atoms with Gasteiger partial charge in [-0.1, -0.05) is 11.8 Å². The van der Waals surface area contributed by atoms with E-state index < -0.39 is 15.3 Å². The van der Waals surface area contributed by atoms with E-state index in [4.69, 9.17) is 10.9 Å². The molecule has 9 nitrogen and oxygen atoms in total. The van der Waals surface area contributed by atoms with Crippen molar-refractivity contribution in [1.29, 1.82) is 0 Å². The predicted octanol–water partition coefficient (Wildman–Crippen LogP) is 0.221. The number of carbonyl (C=O) groups excluding carboxylic acids is 1. The lowest BCUT2D eigenvalue weighted by molar-refractivity contribution is -0.115. The standard InChI is InChI=1S/C12H14N6O3S2/c1-7(22-12-16-6-15-11(13)18-12)10(19)17-8-2-4-9(5-3-8)23(14,20)21/h2-7H,1H3,(H,17,19)(H2,14,20,21)(H2,13,15,16,18). The number of nitrogens with two attached hydrogens (primary N) is 2. The molecule has 5 N–H and O–H groups in total. The second-order valence-corrected chi connectivity index (χ2v) is 7.31. The van der Waals surface area contributed by atoms with Gasteiger partial charge in [0.05, 0.1) is 10.1 Å². The molecule has 2 rings (SSSR count). The third-order valence-electron chi connectivity index (χ3n) is 2.67. The number of nitrogens with one attached hydrogen (secondary N) is 1. The average Bonchev–Trinajstić information content (AvgIpc) is 2.46. The summed E-state index contributed by atoms with van der Waals surface area (Å²) >= 11 is 1.12. The van der Waals surface area contributed by atoms with Crippen molar-refractivity contribution in [3.8, 4) is 0 Å². The molecule has 2 aromatic rings. The Labute approximate surface area is 137 Å². The maximum Gasteiger partial charge on any atom is 0.238 e. The summed E-state index contributed by atoms with van der Waals surface area (Å²) in [5.74, 6) is -0.217. The molecule has 1 aromatic carbocycles. The number of nitrogens with zero attached hydrogens (tertiary/aromatic N) is 3. The molecule has 0 aliphatic heterocycles. The lowest BCUT2D eigenvalue weighted by Crippen LogP contribution is -2.22. The van der Waals surface area contributed by atoms with Gasteiger partial charge >= 0.3 is 0 Å². The van der Waals surface area contributed by atoms with Crippen molar-refractivity contribution >= 4 is 39.3 Å². The molecule has 0 spiro atoms. The first-order valence-electron chi connectivity index (χ1n) is 6.30. The molecule has 1 heterocycles. The van der Waals surface area contributed by atoms with Crippen molar-refractivity contribution < 1.29 is 13.2 Å². The first kappa shape index (κ1) is 17.1. The molecule has 0 aliphatic rings. The van der Waals surface area contributed by atoms with Crippen molar-refractivity contribution in [2.24, 2.45) is 5.14 Å². The summed E-state index contributed by atoms with van der Waals surface area (Å²) in [7, 11) is -3.76. The second kappa shape index (κ2) is 6.89. The number of hydrogen-bond acceptors (Lipinski definition) is 8. The molecule has 0 radical (unpaired) electrons. The van der Waals surface area contributed by atoms with Gasteiger partial charge in [0.2, 0.25) is 21.9 Å². The topological polar surface area (TPSA) is 154 Å². The quantitative estimate of drug-likeness (QED) is 0.644. The molecule has 0 saturated carbocycles. The fraction of sp³-hybridized carbons (Fsp3) is 0.167. The van der Waals surface area contributed by atoms with Crippen molar-refractivity contribution in [1.82, 2.24) is 15.0 Å². The van der Waals surface area contributed by atoms with Crippen molar-refractivity contribution in [3.63, 3.8) is 0 Å². The van der Waals surface area contributed by atoms with Gasteiger partial charge in [-0.05, 0) is 31.2 Å². The third kappa shape index (κ3) is 4.87. The van der Waals surface area contributed by atoms with E-state index in [1.807, 2.05) is 0 Å². The van der Waals surface area contributed by atoms with Crippen LogP contribution in [0, 0.1) is 0 Å². The van der Waals surface area contributed by atoms with Crippen LogP contribution in [-0.2, 0) is 14.8 Å². The summed E-state index contributed by atoms with van der Waals surface area (Å²) in [5, 5.41) is 7.51. The van der Waals surface area contributed by atoms with Crippen LogP contribution in [-0.4, -0.2) is 34.5 Å². The number of carbonyl (C=O) groups is 1. The Kier molecular flexibility index (Phi) is 5.13. The number of benzene rings is 1. The molecule has 1 atom stereocenters. The van der Waals surface area contributed by atoms with Gasteiger partial charge in [-0.3, -0.25) is 4.79 Å². The Hall–Kier alpha value is -2.24. The number of sulfonamides is 1. The molecular formula is C12H14N6O3S2. The number of rotatable bonds is 5. The van der Waals surface area contributed by atoms with Crippen LogP contribution >= 0.6 is 11.8 Å². The summed E-state index contributed by atoms with van der Waals surface area (Å²) in [6, 6.07) is 5.54. The number of anilines is 2. The highest BCUT2D eigenvalue weighted by atomic mass is 32.2. The normalized spacial score (nSPS) is 12.6. The smallest absolute Gasteiger partial charge is 0.238 e. The van der Waals surface area contributed by atoms with Gasteiger partial charge in [-0.15, -0.1) is 0 Å². The number of aromatic nitrogens is 3. The monoisotopic (exact) mass is 354 g/mol. The number of primary sulfonamides is 1. The molecule has 11 heteroatoms. The molecule has 122 valence electrons. The van der Waals surface area contributed by atoms with E-state index >= 15 is 0 Å². The Morgan fingerprint density at radius 2 is 1.91 bits per heavy atom. The molecule has 0 aliphatic carbocycles. The molecule has 1 unspecified atom stereocenters. The average molecular weight is 354 g/mol. The van der Waals surface area contributed by atoms with Crippen LogP contribution in [0.4, 0.5) is 11.6 Å².